The van der Waals surface area contributed by atoms with Crippen molar-refractivity contribution in [2.45, 2.75) is 18.6 Å². The van der Waals surface area contributed by atoms with Gasteiger partial charge in [0.15, 0.2) is 11.5 Å². The summed E-state index contributed by atoms with van der Waals surface area (Å²) in [6, 6.07) is 1.71. The van der Waals surface area contributed by atoms with E-state index in [0.717, 1.165) is 0 Å². The molecule has 1 aromatic carbocycles. The van der Waals surface area contributed by atoms with Gasteiger partial charge in [-0.1, -0.05) is 0 Å². The molecule has 1 rings (SSSR count). The first-order chi connectivity index (χ1) is 8.84. The van der Waals surface area contributed by atoms with Gasteiger partial charge in [0.2, 0.25) is 5.75 Å². The van der Waals surface area contributed by atoms with Crippen LogP contribution in [0.5, 0.6) is 17.2 Å². The number of rotatable bonds is 5. The topological polar surface area (TPSA) is 53.7 Å². The average Bonchev–Trinajstić information content (AvgIpc) is 2.34. The van der Waals surface area contributed by atoms with Gasteiger partial charge < -0.3 is 19.9 Å². The van der Waals surface area contributed by atoms with E-state index >= 15 is 0 Å². The zero-order valence-electron chi connectivity index (χ0n) is 10.9. The molecule has 0 radical (unpaired) electrons. The Bertz CT molecular complexity index is 435. The first-order valence-electron chi connectivity index (χ1n) is 5.45. The van der Waals surface area contributed by atoms with Crippen LogP contribution in [-0.2, 0) is 0 Å². The largest absolute Gasteiger partial charge is 0.493 e. The maximum Gasteiger partial charge on any atom is 0.390 e. The van der Waals surface area contributed by atoms with E-state index in [1.807, 2.05) is 0 Å². The van der Waals surface area contributed by atoms with E-state index in [2.05, 4.69) is 0 Å². The number of ether oxygens (including phenoxy) is 3. The Kier molecular flexibility index (Phi) is 4.88. The standard InChI is InChI=1S/C12H16F3NO3/c1-17-9-5-4-7(8(16)6-12(13,14)15)10(18-2)11(9)19-3/h4-5,8H,6,16H2,1-3H3/t8-/m1/s1. The summed E-state index contributed by atoms with van der Waals surface area (Å²) < 4.78 is 52.4. The fraction of sp³-hybridized carbons (Fsp3) is 0.500. The minimum atomic E-state index is -4.35. The predicted octanol–water partition coefficient (Wildman–Crippen LogP) is 2.66. The molecule has 0 spiro atoms. The summed E-state index contributed by atoms with van der Waals surface area (Å²) in [5.41, 5.74) is 5.80. The number of alkyl halides is 3. The fourth-order valence-corrected chi connectivity index (χ4v) is 1.78. The van der Waals surface area contributed by atoms with Gasteiger partial charge >= 0.3 is 6.18 Å². The Morgan fingerprint density at radius 1 is 1.05 bits per heavy atom. The van der Waals surface area contributed by atoms with Crippen molar-refractivity contribution in [1.29, 1.82) is 0 Å². The van der Waals surface area contributed by atoms with Crippen molar-refractivity contribution in [2.75, 3.05) is 21.3 Å². The van der Waals surface area contributed by atoms with Crippen LogP contribution in [0.25, 0.3) is 0 Å². The monoisotopic (exact) mass is 279 g/mol. The minimum Gasteiger partial charge on any atom is -0.493 e. The van der Waals surface area contributed by atoms with Crippen molar-refractivity contribution in [3.63, 3.8) is 0 Å². The summed E-state index contributed by atoms with van der Waals surface area (Å²) in [7, 11) is 4.13. The highest BCUT2D eigenvalue weighted by Gasteiger charge is 2.33. The molecule has 108 valence electrons. The SMILES string of the molecule is COc1ccc([C@H](N)CC(F)(F)F)c(OC)c1OC. The van der Waals surface area contributed by atoms with Crippen molar-refractivity contribution in [3.8, 4) is 17.2 Å². The number of nitrogens with two attached hydrogens (primary N) is 1. The van der Waals surface area contributed by atoms with Gasteiger partial charge in [0.25, 0.3) is 0 Å². The van der Waals surface area contributed by atoms with Crippen molar-refractivity contribution < 1.29 is 27.4 Å². The molecular formula is C12H16F3NO3. The molecule has 0 aromatic heterocycles. The molecule has 0 bridgehead atoms. The molecule has 2 N–H and O–H groups in total. The van der Waals surface area contributed by atoms with Crippen molar-refractivity contribution >= 4 is 0 Å². The van der Waals surface area contributed by atoms with E-state index in [4.69, 9.17) is 19.9 Å². The fourth-order valence-electron chi connectivity index (χ4n) is 1.78. The molecule has 0 saturated heterocycles. The highest BCUT2D eigenvalue weighted by molar-refractivity contribution is 5.56. The number of benzene rings is 1. The van der Waals surface area contributed by atoms with E-state index in [1.165, 1.54) is 33.5 Å². The summed E-state index contributed by atoms with van der Waals surface area (Å²) in [6.07, 6.45) is -5.49. The quantitative estimate of drug-likeness (QED) is 0.900. The van der Waals surface area contributed by atoms with Crippen LogP contribution >= 0.6 is 0 Å². The van der Waals surface area contributed by atoms with Gasteiger partial charge in [0, 0.05) is 11.6 Å². The lowest BCUT2D eigenvalue weighted by molar-refractivity contribution is -0.138. The normalized spacial score (nSPS) is 13.0. The Morgan fingerprint density at radius 2 is 1.63 bits per heavy atom. The molecule has 0 amide bonds. The molecule has 0 heterocycles. The van der Waals surface area contributed by atoms with E-state index in [0.29, 0.717) is 5.75 Å². The summed E-state index contributed by atoms with van der Waals surface area (Å²) in [4.78, 5) is 0. The van der Waals surface area contributed by atoms with Gasteiger partial charge in [-0.3, -0.25) is 0 Å². The van der Waals surface area contributed by atoms with Gasteiger partial charge in [-0.05, 0) is 12.1 Å². The van der Waals surface area contributed by atoms with E-state index in [9.17, 15) is 13.2 Å². The molecule has 0 aliphatic carbocycles. The average molecular weight is 279 g/mol. The van der Waals surface area contributed by atoms with E-state index in [-0.39, 0.29) is 17.1 Å². The maximum absolute atomic E-state index is 12.4. The second kappa shape index (κ2) is 6.01. The van der Waals surface area contributed by atoms with Crippen LogP contribution in [-0.4, -0.2) is 27.5 Å². The number of hydrogen-bond acceptors (Lipinski definition) is 4. The Morgan fingerprint density at radius 3 is 2.05 bits per heavy atom. The number of hydrogen-bond donors (Lipinski definition) is 1. The second-order valence-corrected chi connectivity index (χ2v) is 3.85. The first kappa shape index (κ1) is 15.4. The lowest BCUT2D eigenvalue weighted by Gasteiger charge is -2.20. The van der Waals surface area contributed by atoms with Crippen molar-refractivity contribution in [1.82, 2.24) is 0 Å². The van der Waals surface area contributed by atoms with Crippen molar-refractivity contribution in [3.05, 3.63) is 17.7 Å². The summed E-state index contributed by atoms with van der Waals surface area (Å²) in [6.45, 7) is 0. The molecule has 0 aliphatic rings. The number of halogens is 3. The molecule has 1 atom stereocenters. The third kappa shape index (κ3) is 3.66. The zero-order valence-corrected chi connectivity index (χ0v) is 10.9. The third-order valence-corrected chi connectivity index (χ3v) is 2.59. The predicted molar refractivity (Wildman–Crippen MR) is 63.7 cm³/mol. The first-order valence-corrected chi connectivity index (χ1v) is 5.45. The van der Waals surface area contributed by atoms with Gasteiger partial charge in [0.05, 0.1) is 27.8 Å². The Hall–Kier alpha value is -1.63. The number of methoxy groups -OCH3 is 3. The Labute approximate surface area is 109 Å². The molecule has 0 saturated carbocycles. The lowest BCUT2D eigenvalue weighted by Crippen LogP contribution is -2.21. The highest BCUT2D eigenvalue weighted by Crippen LogP contribution is 2.43. The van der Waals surface area contributed by atoms with Crippen LogP contribution in [0, 0.1) is 0 Å². The van der Waals surface area contributed by atoms with Gasteiger partial charge in [-0.2, -0.15) is 13.2 Å². The second-order valence-electron chi connectivity index (χ2n) is 3.85. The molecule has 19 heavy (non-hydrogen) atoms. The highest BCUT2D eigenvalue weighted by atomic mass is 19.4. The van der Waals surface area contributed by atoms with Gasteiger partial charge in [-0.25, -0.2) is 0 Å². The molecular weight excluding hydrogens is 263 g/mol. The zero-order chi connectivity index (χ0) is 14.6. The minimum absolute atomic E-state index is 0.151. The van der Waals surface area contributed by atoms with Crippen LogP contribution in [0.3, 0.4) is 0 Å². The third-order valence-electron chi connectivity index (χ3n) is 2.59. The summed E-state index contributed by atoms with van der Waals surface area (Å²) >= 11 is 0. The van der Waals surface area contributed by atoms with Crippen LogP contribution in [0.2, 0.25) is 0 Å². The van der Waals surface area contributed by atoms with Crippen LogP contribution in [0.15, 0.2) is 12.1 Å². The molecule has 0 unspecified atom stereocenters. The summed E-state index contributed by atoms with van der Waals surface area (Å²) in [5.74, 6) is 0.737. The van der Waals surface area contributed by atoms with Gasteiger partial charge in [0.1, 0.15) is 0 Å². The lowest BCUT2D eigenvalue weighted by atomic mass is 10.0. The molecule has 4 nitrogen and oxygen atoms in total. The van der Waals surface area contributed by atoms with Gasteiger partial charge in [-0.15, -0.1) is 0 Å². The molecule has 0 fully saturated rings. The maximum atomic E-state index is 12.4. The summed E-state index contributed by atoms with van der Waals surface area (Å²) in [5, 5.41) is 0. The van der Waals surface area contributed by atoms with Crippen LogP contribution in [0.4, 0.5) is 13.2 Å². The molecule has 7 heteroatoms. The molecule has 1 aromatic rings. The van der Waals surface area contributed by atoms with Crippen molar-refractivity contribution in [2.24, 2.45) is 5.73 Å². The van der Waals surface area contributed by atoms with Crippen LogP contribution in [0.1, 0.15) is 18.0 Å². The van der Waals surface area contributed by atoms with E-state index < -0.39 is 18.6 Å². The van der Waals surface area contributed by atoms with Crippen LogP contribution < -0.4 is 19.9 Å². The van der Waals surface area contributed by atoms with E-state index in [1.54, 1.807) is 0 Å². The smallest absolute Gasteiger partial charge is 0.390 e. The molecule has 0 aliphatic heterocycles. The Balaban J connectivity index is 3.21.